The molecule has 3 amide bonds. The van der Waals surface area contributed by atoms with Crippen LogP contribution in [0.15, 0.2) is 60.7 Å². The SMILES string of the molecule is C[C@@H]1CN(NC(=O)OCc2ccccc2)C(c2ccccc2)[C@]1(F)N1CN(C)C(=O)N(C)C1. The first-order valence-electron chi connectivity index (χ1n) is 11.0. The van der Waals surface area contributed by atoms with Crippen LogP contribution in [0.3, 0.4) is 0 Å². The van der Waals surface area contributed by atoms with E-state index in [1.165, 1.54) is 9.80 Å². The summed E-state index contributed by atoms with van der Waals surface area (Å²) >= 11 is 0. The van der Waals surface area contributed by atoms with Gasteiger partial charge in [0, 0.05) is 26.6 Å². The first kappa shape index (κ1) is 23.0. The molecule has 1 N–H and O–H groups in total. The Balaban J connectivity index is 1.57. The maximum atomic E-state index is 17.1. The van der Waals surface area contributed by atoms with Crippen LogP contribution in [0, 0.1) is 5.92 Å². The monoisotopic (exact) mass is 455 g/mol. The Hall–Kier alpha value is -3.17. The molecule has 2 aliphatic rings. The number of nitrogens with one attached hydrogen (secondary N) is 1. The molecule has 33 heavy (non-hydrogen) atoms. The molecule has 0 radical (unpaired) electrons. The van der Waals surface area contributed by atoms with E-state index in [1.807, 2.05) is 67.6 Å². The van der Waals surface area contributed by atoms with Gasteiger partial charge in [-0.3, -0.25) is 5.43 Å². The number of carbonyl (C=O) groups excluding carboxylic acids is 2. The second-order valence-corrected chi connectivity index (χ2v) is 8.77. The Morgan fingerprint density at radius 1 is 1.06 bits per heavy atom. The molecule has 2 aromatic carbocycles. The van der Waals surface area contributed by atoms with E-state index in [2.05, 4.69) is 5.43 Å². The van der Waals surface area contributed by atoms with Gasteiger partial charge in [0.25, 0.3) is 0 Å². The number of benzene rings is 2. The van der Waals surface area contributed by atoms with E-state index in [0.717, 1.165) is 11.1 Å². The van der Waals surface area contributed by atoms with Gasteiger partial charge >= 0.3 is 12.1 Å². The van der Waals surface area contributed by atoms with Crippen LogP contribution in [0.1, 0.15) is 24.1 Å². The van der Waals surface area contributed by atoms with Crippen molar-refractivity contribution in [3.05, 3.63) is 71.8 Å². The van der Waals surface area contributed by atoms with Gasteiger partial charge in [-0.2, -0.15) is 0 Å². The summed E-state index contributed by atoms with van der Waals surface area (Å²) < 4.78 is 22.5. The third-order valence-electron chi connectivity index (χ3n) is 6.32. The fourth-order valence-electron chi connectivity index (χ4n) is 4.72. The number of hydrogen-bond donors (Lipinski definition) is 1. The highest BCUT2D eigenvalue weighted by atomic mass is 19.1. The maximum absolute atomic E-state index is 17.1. The molecule has 2 aromatic rings. The summed E-state index contributed by atoms with van der Waals surface area (Å²) in [5.41, 5.74) is 4.36. The molecule has 9 heteroatoms. The quantitative estimate of drug-likeness (QED) is 0.700. The average Bonchev–Trinajstić information content (AvgIpc) is 3.07. The largest absolute Gasteiger partial charge is 0.444 e. The van der Waals surface area contributed by atoms with E-state index in [9.17, 15) is 9.59 Å². The van der Waals surface area contributed by atoms with Gasteiger partial charge in [0.2, 0.25) is 0 Å². The van der Waals surface area contributed by atoms with Gasteiger partial charge in [-0.1, -0.05) is 67.6 Å². The van der Waals surface area contributed by atoms with Gasteiger partial charge < -0.3 is 14.5 Å². The number of halogens is 1. The molecule has 0 saturated carbocycles. The third-order valence-corrected chi connectivity index (χ3v) is 6.32. The Bertz CT molecular complexity index is 965. The zero-order chi connectivity index (χ0) is 23.6. The van der Waals surface area contributed by atoms with Crippen molar-refractivity contribution < 1.29 is 18.7 Å². The van der Waals surface area contributed by atoms with Crippen molar-refractivity contribution >= 4 is 12.1 Å². The molecule has 8 nitrogen and oxygen atoms in total. The van der Waals surface area contributed by atoms with E-state index in [4.69, 9.17) is 4.74 Å². The summed E-state index contributed by atoms with van der Waals surface area (Å²) in [4.78, 5) is 29.5. The van der Waals surface area contributed by atoms with Crippen molar-refractivity contribution in [2.24, 2.45) is 5.92 Å². The Kier molecular flexibility index (Phi) is 6.53. The number of rotatable bonds is 5. The molecule has 0 bridgehead atoms. The second kappa shape index (κ2) is 9.36. The lowest BCUT2D eigenvalue weighted by Gasteiger charge is -2.48. The Labute approximate surface area is 193 Å². The van der Waals surface area contributed by atoms with E-state index < -0.39 is 23.8 Å². The highest BCUT2D eigenvalue weighted by Crippen LogP contribution is 2.48. The van der Waals surface area contributed by atoms with Gasteiger partial charge in [-0.05, 0) is 11.1 Å². The third kappa shape index (κ3) is 4.51. The van der Waals surface area contributed by atoms with E-state index >= 15 is 4.39 Å². The van der Waals surface area contributed by atoms with Gasteiger partial charge in [-0.25, -0.2) is 23.9 Å². The molecular weight excluding hydrogens is 425 g/mol. The minimum atomic E-state index is -1.84. The predicted octanol–water partition coefficient (Wildman–Crippen LogP) is 3.40. The average molecular weight is 456 g/mol. The topological polar surface area (TPSA) is 68.4 Å². The fourth-order valence-corrected chi connectivity index (χ4v) is 4.72. The molecule has 3 atom stereocenters. The number of alkyl halides is 1. The summed E-state index contributed by atoms with van der Waals surface area (Å²) in [5.74, 6) is -2.29. The first-order chi connectivity index (χ1) is 15.8. The smallest absolute Gasteiger partial charge is 0.422 e. The van der Waals surface area contributed by atoms with Crippen LogP contribution < -0.4 is 5.43 Å². The molecule has 1 unspecified atom stereocenters. The van der Waals surface area contributed by atoms with Gasteiger partial charge in [0.1, 0.15) is 12.6 Å². The molecule has 176 valence electrons. The summed E-state index contributed by atoms with van der Waals surface area (Å²) in [7, 11) is 3.31. The van der Waals surface area contributed by atoms with Crippen molar-refractivity contribution in [1.29, 1.82) is 0 Å². The minimum Gasteiger partial charge on any atom is -0.444 e. The predicted molar refractivity (Wildman–Crippen MR) is 121 cm³/mol. The molecule has 2 saturated heterocycles. The normalized spacial score (nSPS) is 26.5. The molecule has 0 aliphatic carbocycles. The lowest BCUT2D eigenvalue weighted by atomic mass is 9.91. The molecule has 0 aromatic heterocycles. The maximum Gasteiger partial charge on any atom is 0.422 e. The van der Waals surface area contributed by atoms with Gasteiger partial charge in [0.05, 0.1) is 13.3 Å². The van der Waals surface area contributed by atoms with Crippen LogP contribution in [0.2, 0.25) is 0 Å². The standard InChI is InChI=1S/C24H30FN5O3/c1-18-14-30(26-22(31)33-15-19-10-6-4-7-11-19)21(20-12-8-5-9-13-20)24(18,25)29-16-27(2)23(32)28(3)17-29/h4-13,18,21H,14-17H2,1-3H3,(H,26,31)/t18-,21?,24-/m1/s1. The van der Waals surface area contributed by atoms with E-state index in [1.54, 1.807) is 24.0 Å². The number of nitrogens with zero attached hydrogens (tertiary/aromatic N) is 4. The molecule has 2 heterocycles. The molecule has 2 fully saturated rings. The van der Waals surface area contributed by atoms with Crippen LogP contribution in [-0.4, -0.2) is 71.6 Å². The van der Waals surface area contributed by atoms with E-state index in [0.29, 0.717) is 0 Å². The zero-order valence-electron chi connectivity index (χ0n) is 19.1. The van der Waals surface area contributed by atoms with E-state index in [-0.39, 0.29) is 32.5 Å². The van der Waals surface area contributed by atoms with Crippen molar-refractivity contribution in [3.63, 3.8) is 0 Å². The Morgan fingerprint density at radius 3 is 2.24 bits per heavy atom. The molecular formula is C24H30FN5O3. The van der Waals surface area contributed by atoms with Crippen LogP contribution >= 0.6 is 0 Å². The lowest BCUT2D eigenvalue weighted by molar-refractivity contribution is -0.132. The van der Waals surface area contributed by atoms with Gasteiger partial charge in [0.15, 0.2) is 5.79 Å². The lowest BCUT2D eigenvalue weighted by Crippen LogP contribution is -2.64. The number of carbonyl (C=O) groups is 2. The number of amides is 3. The van der Waals surface area contributed by atoms with Crippen LogP contribution in [0.5, 0.6) is 0 Å². The van der Waals surface area contributed by atoms with Crippen LogP contribution in [-0.2, 0) is 11.3 Å². The highest BCUT2D eigenvalue weighted by Gasteiger charge is 2.59. The van der Waals surface area contributed by atoms with Crippen molar-refractivity contribution in [2.45, 2.75) is 25.4 Å². The fraction of sp³-hybridized carbons (Fsp3) is 0.417. The number of hydrogen-bond acceptors (Lipinski definition) is 5. The van der Waals surface area contributed by atoms with Gasteiger partial charge in [-0.15, -0.1) is 0 Å². The molecule has 2 aliphatic heterocycles. The summed E-state index contributed by atoms with van der Waals surface area (Å²) in [6.07, 6.45) is -0.640. The number of ether oxygens (including phenoxy) is 1. The van der Waals surface area contributed by atoms with Crippen molar-refractivity contribution in [3.8, 4) is 0 Å². The zero-order valence-corrected chi connectivity index (χ0v) is 19.1. The second-order valence-electron chi connectivity index (χ2n) is 8.77. The number of urea groups is 1. The van der Waals surface area contributed by atoms with Crippen molar-refractivity contribution in [2.75, 3.05) is 34.0 Å². The number of hydrazine groups is 1. The highest BCUT2D eigenvalue weighted by molar-refractivity contribution is 5.74. The summed E-state index contributed by atoms with van der Waals surface area (Å²) in [5, 5.41) is 1.61. The minimum absolute atomic E-state index is 0.122. The first-order valence-corrected chi connectivity index (χ1v) is 11.0. The Morgan fingerprint density at radius 2 is 1.64 bits per heavy atom. The van der Waals surface area contributed by atoms with Crippen molar-refractivity contribution in [1.82, 2.24) is 25.1 Å². The van der Waals surface area contributed by atoms with Crippen LogP contribution in [0.4, 0.5) is 14.0 Å². The summed E-state index contributed by atoms with van der Waals surface area (Å²) in [6.45, 7) is 2.54. The molecule has 0 spiro atoms. The molecule has 4 rings (SSSR count). The van der Waals surface area contributed by atoms with Crippen LogP contribution in [0.25, 0.3) is 0 Å². The summed E-state index contributed by atoms with van der Waals surface area (Å²) in [6, 6.07) is 17.7.